The summed E-state index contributed by atoms with van der Waals surface area (Å²) in [6.45, 7) is 0. The molecular weight excluding hydrogens is 232 g/mol. The van der Waals surface area contributed by atoms with Gasteiger partial charge >= 0.3 is 5.97 Å². The van der Waals surface area contributed by atoms with Crippen LogP contribution in [0.2, 0.25) is 0 Å². The number of carboxylic acids is 1. The minimum Gasteiger partial charge on any atom is -0.481 e. The van der Waals surface area contributed by atoms with Gasteiger partial charge in [0.25, 0.3) is 0 Å². The average molecular weight is 254 g/mol. The molecule has 0 amide bonds. The highest BCUT2D eigenvalue weighted by Gasteiger charge is 2.22. The number of unbranched alkanes of at least 4 members (excludes halogenated alkanes) is 4. The van der Waals surface area contributed by atoms with E-state index in [0.29, 0.717) is 6.42 Å². The third kappa shape index (κ3) is 5.45. The van der Waals surface area contributed by atoms with Gasteiger partial charge in [-0.15, -0.1) is 0 Å². The maximum Gasteiger partial charge on any atom is 0.303 e. The summed E-state index contributed by atoms with van der Waals surface area (Å²) < 4.78 is 5.14. The van der Waals surface area contributed by atoms with Crippen LogP contribution in [0.5, 0.6) is 0 Å². The van der Waals surface area contributed by atoms with Crippen LogP contribution in [0.15, 0.2) is 11.6 Å². The van der Waals surface area contributed by atoms with Gasteiger partial charge in [0.2, 0.25) is 0 Å². The van der Waals surface area contributed by atoms with E-state index in [1.807, 2.05) is 6.08 Å². The first-order chi connectivity index (χ1) is 8.63. The number of Topliss-reactive ketones (excluding diaryl/α,β-unsaturated/α-hetero) is 1. The van der Waals surface area contributed by atoms with Crippen LogP contribution in [0.3, 0.4) is 0 Å². The molecule has 4 nitrogen and oxygen atoms in total. The van der Waals surface area contributed by atoms with Crippen LogP contribution < -0.4 is 0 Å². The van der Waals surface area contributed by atoms with E-state index in [4.69, 9.17) is 9.84 Å². The smallest absolute Gasteiger partial charge is 0.303 e. The molecule has 1 unspecified atom stereocenters. The van der Waals surface area contributed by atoms with E-state index in [0.717, 1.165) is 44.1 Å². The highest BCUT2D eigenvalue weighted by Crippen LogP contribution is 2.22. The average Bonchev–Trinajstić information content (AvgIpc) is 2.68. The van der Waals surface area contributed by atoms with Crippen molar-refractivity contribution < 1.29 is 19.4 Å². The molecule has 4 heteroatoms. The minimum atomic E-state index is -0.720. The highest BCUT2D eigenvalue weighted by molar-refractivity contribution is 5.98. The summed E-state index contributed by atoms with van der Waals surface area (Å²) in [6.07, 6.45) is 8.31. The lowest BCUT2D eigenvalue weighted by molar-refractivity contribution is -0.137. The van der Waals surface area contributed by atoms with Crippen molar-refractivity contribution in [3.63, 3.8) is 0 Å². The van der Waals surface area contributed by atoms with Crippen LogP contribution in [-0.2, 0) is 14.3 Å². The van der Waals surface area contributed by atoms with Crippen molar-refractivity contribution in [3.05, 3.63) is 11.6 Å². The second-order valence-electron chi connectivity index (χ2n) is 4.75. The molecule has 0 bridgehead atoms. The van der Waals surface area contributed by atoms with Gasteiger partial charge in [-0.1, -0.05) is 19.3 Å². The number of carboxylic acid groups (broad SMARTS) is 1. The molecule has 1 rings (SSSR count). The van der Waals surface area contributed by atoms with Gasteiger partial charge in [-0.3, -0.25) is 9.59 Å². The minimum absolute atomic E-state index is 0.0249. The number of methoxy groups -OCH3 is 1. The van der Waals surface area contributed by atoms with E-state index >= 15 is 0 Å². The van der Waals surface area contributed by atoms with Gasteiger partial charge in [-0.2, -0.15) is 0 Å². The predicted octanol–water partition coefficient (Wildman–Crippen LogP) is 2.72. The van der Waals surface area contributed by atoms with Gasteiger partial charge in [0.1, 0.15) is 0 Å². The van der Waals surface area contributed by atoms with Crippen LogP contribution in [-0.4, -0.2) is 30.1 Å². The Kier molecular flexibility index (Phi) is 6.65. The number of rotatable bonds is 9. The quantitative estimate of drug-likeness (QED) is 0.642. The molecule has 1 aliphatic carbocycles. The van der Waals surface area contributed by atoms with Gasteiger partial charge in [0.15, 0.2) is 5.78 Å². The number of ketones is 1. The first-order valence-corrected chi connectivity index (χ1v) is 6.62. The summed E-state index contributed by atoms with van der Waals surface area (Å²) in [4.78, 5) is 21.9. The molecule has 0 aromatic carbocycles. The Morgan fingerprint density at radius 1 is 1.33 bits per heavy atom. The fraction of sp³-hybridized carbons (Fsp3) is 0.714. The molecule has 18 heavy (non-hydrogen) atoms. The zero-order valence-corrected chi connectivity index (χ0v) is 11.0. The summed E-state index contributed by atoms with van der Waals surface area (Å²) in [5.41, 5.74) is 0.910. The van der Waals surface area contributed by atoms with Gasteiger partial charge in [-0.25, -0.2) is 0 Å². The number of ether oxygens (including phenoxy) is 1. The monoisotopic (exact) mass is 254 g/mol. The maximum atomic E-state index is 11.6. The first-order valence-electron chi connectivity index (χ1n) is 6.62. The normalized spacial score (nSPS) is 19.1. The van der Waals surface area contributed by atoms with Crippen molar-refractivity contribution in [1.82, 2.24) is 0 Å². The fourth-order valence-corrected chi connectivity index (χ4v) is 2.19. The van der Waals surface area contributed by atoms with Gasteiger partial charge in [0.05, 0.1) is 6.10 Å². The largest absolute Gasteiger partial charge is 0.481 e. The zero-order chi connectivity index (χ0) is 13.4. The summed E-state index contributed by atoms with van der Waals surface area (Å²) in [6, 6.07) is 0. The molecule has 1 atom stereocenters. The van der Waals surface area contributed by atoms with E-state index < -0.39 is 5.97 Å². The molecule has 0 spiro atoms. The summed E-state index contributed by atoms with van der Waals surface area (Å²) in [5, 5.41) is 8.48. The third-order valence-electron chi connectivity index (χ3n) is 3.27. The molecule has 0 radical (unpaired) electrons. The molecule has 1 N–H and O–H groups in total. The van der Waals surface area contributed by atoms with E-state index in [2.05, 4.69) is 0 Å². The van der Waals surface area contributed by atoms with E-state index in [-0.39, 0.29) is 18.3 Å². The molecule has 0 heterocycles. The van der Waals surface area contributed by atoms with Crippen molar-refractivity contribution in [1.29, 1.82) is 0 Å². The molecule has 0 saturated carbocycles. The maximum absolute atomic E-state index is 11.6. The number of aliphatic carboxylic acids is 1. The Bertz CT molecular complexity index is 320. The molecule has 102 valence electrons. The fourth-order valence-electron chi connectivity index (χ4n) is 2.19. The lowest BCUT2D eigenvalue weighted by Gasteiger charge is -2.01. The molecular formula is C14H22O4. The van der Waals surface area contributed by atoms with Crippen LogP contribution in [0.25, 0.3) is 0 Å². The molecule has 1 aliphatic rings. The van der Waals surface area contributed by atoms with E-state index in [9.17, 15) is 9.59 Å². The highest BCUT2D eigenvalue weighted by atomic mass is 16.5. The Labute approximate surface area is 108 Å². The van der Waals surface area contributed by atoms with Crippen molar-refractivity contribution in [2.45, 2.75) is 57.5 Å². The summed E-state index contributed by atoms with van der Waals surface area (Å²) >= 11 is 0. The lowest BCUT2D eigenvalue weighted by Crippen LogP contribution is -2.05. The number of hydrogen-bond acceptors (Lipinski definition) is 3. The first kappa shape index (κ1) is 14.9. The van der Waals surface area contributed by atoms with Gasteiger partial charge in [-0.05, 0) is 30.9 Å². The third-order valence-corrected chi connectivity index (χ3v) is 3.27. The topological polar surface area (TPSA) is 63.6 Å². The van der Waals surface area contributed by atoms with E-state index in [1.165, 1.54) is 0 Å². The van der Waals surface area contributed by atoms with Crippen LogP contribution in [0.1, 0.15) is 51.4 Å². The lowest BCUT2D eigenvalue weighted by atomic mass is 10.0. The summed E-state index contributed by atoms with van der Waals surface area (Å²) in [7, 11) is 1.62. The van der Waals surface area contributed by atoms with Crippen LogP contribution >= 0.6 is 0 Å². The number of carbonyl (C=O) groups is 2. The zero-order valence-electron chi connectivity index (χ0n) is 11.0. The second-order valence-corrected chi connectivity index (χ2v) is 4.75. The van der Waals surface area contributed by atoms with Gasteiger partial charge < -0.3 is 9.84 Å². The Balaban J connectivity index is 2.04. The Morgan fingerprint density at radius 3 is 2.61 bits per heavy atom. The van der Waals surface area contributed by atoms with Gasteiger partial charge in [0, 0.05) is 20.0 Å². The molecule has 0 fully saturated rings. The Hall–Kier alpha value is -1.16. The standard InChI is InChI=1S/C14H22O4/c1-18-12-9-11(13(15)10-12)7-5-3-2-4-6-8-14(16)17/h9,12H,2-8,10H2,1H3,(H,16,17). The summed E-state index contributed by atoms with van der Waals surface area (Å²) in [5.74, 6) is -0.505. The number of hydrogen-bond donors (Lipinski definition) is 1. The van der Waals surface area contributed by atoms with Crippen molar-refractivity contribution >= 4 is 11.8 Å². The predicted molar refractivity (Wildman–Crippen MR) is 68.5 cm³/mol. The second kappa shape index (κ2) is 8.03. The SMILES string of the molecule is COC1C=C(CCCCCCCC(=O)O)C(=O)C1. The van der Waals surface area contributed by atoms with Crippen molar-refractivity contribution in [2.75, 3.05) is 7.11 Å². The van der Waals surface area contributed by atoms with E-state index in [1.54, 1.807) is 7.11 Å². The van der Waals surface area contributed by atoms with Crippen LogP contribution in [0, 0.1) is 0 Å². The van der Waals surface area contributed by atoms with Crippen LogP contribution in [0.4, 0.5) is 0 Å². The number of carbonyl (C=O) groups excluding carboxylic acids is 1. The molecule has 0 aliphatic heterocycles. The number of allylic oxidation sites excluding steroid dienone is 1. The van der Waals surface area contributed by atoms with Crippen molar-refractivity contribution in [3.8, 4) is 0 Å². The Morgan fingerprint density at radius 2 is 2.00 bits per heavy atom. The molecule has 0 saturated heterocycles. The van der Waals surface area contributed by atoms with Crippen molar-refractivity contribution in [2.24, 2.45) is 0 Å². The molecule has 0 aromatic rings. The molecule has 0 aromatic heterocycles.